The number of halogens is 1. The van der Waals surface area contributed by atoms with Crippen molar-refractivity contribution in [1.29, 1.82) is 0 Å². The van der Waals surface area contributed by atoms with E-state index in [1.807, 2.05) is 44.6 Å². The van der Waals surface area contributed by atoms with Crippen LogP contribution in [0, 0.1) is 20.8 Å². The van der Waals surface area contributed by atoms with E-state index in [9.17, 15) is 5.11 Å². The third-order valence-electron chi connectivity index (χ3n) is 4.46. The van der Waals surface area contributed by atoms with Crippen molar-refractivity contribution in [1.82, 2.24) is 4.57 Å². The first-order chi connectivity index (χ1) is 11.4. The Labute approximate surface area is 166 Å². The van der Waals surface area contributed by atoms with Gasteiger partial charge in [-0.25, -0.2) is 9.13 Å². The summed E-state index contributed by atoms with van der Waals surface area (Å²) >= 11 is 0. The van der Waals surface area contributed by atoms with Crippen molar-refractivity contribution in [3.05, 3.63) is 59.4 Å². The van der Waals surface area contributed by atoms with E-state index in [1.165, 1.54) is 22.2 Å². The Morgan fingerprint density at radius 2 is 1.72 bits per heavy atom. The number of aliphatic hydroxyl groups excluding tert-OH is 1. The molecule has 3 rings (SSSR count). The van der Waals surface area contributed by atoms with Crippen molar-refractivity contribution in [2.45, 2.75) is 33.4 Å². The molecule has 1 unspecified atom stereocenters. The summed E-state index contributed by atoms with van der Waals surface area (Å²) < 4.78 is 9.87. The molecule has 0 spiro atoms. The minimum atomic E-state index is -0.566. The van der Waals surface area contributed by atoms with E-state index in [2.05, 4.69) is 35.1 Å². The van der Waals surface area contributed by atoms with Crippen molar-refractivity contribution < 1.29 is 38.4 Å². The van der Waals surface area contributed by atoms with Crippen molar-refractivity contribution in [2.75, 3.05) is 6.61 Å². The first-order valence-corrected chi connectivity index (χ1v) is 8.27. The van der Waals surface area contributed by atoms with Crippen molar-refractivity contribution in [2.24, 2.45) is 7.05 Å². The molecular weight excluding hydrogens is 427 g/mol. The first-order valence-electron chi connectivity index (χ1n) is 8.27. The molecule has 0 fully saturated rings. The predicted molar refractivity (Wildman–Crippen MR) is 95.3 cm³/mol. The van der Waals surface area contributed by atoms with Crippen LogP contribution >= 0.6 is 0 Å². The molecule has 0 amide bonds. The van der Waals surface area contributed by atoms with Crippen LogP contribution in [0.1, 0.15) is 16.7 Å². The first kappa shape index (κ1) is 19.7. The molecule has 1 N–H and O–H groups in total. The van der Waals surface area contributed by atoms with Gasteiger partial charge in [-0.05, 0) is 56.2 Å². The molecule has 25 heavy (non-hydrogen) atoms. The van der Waals surface area contributed by atoms with Crippen molar-refractivity contribution >= 4 is 11.0 Å². The number of hydrogen-bond acceptors (Lipinski definition) is 2. The van der Waals surface area contributed by atoms with Gasteiger partial charge in [0.1, 0.15) is 25.0 Å². The fourth-order valence-corrected chi connectivity index (χ4v) is 2.88. The molecule has 0 radical (unpaired) electrons. The van der Waals surface area contributed by atoms with Gasteiger partial charge in [-0.1, -0.05) is 17.7 Å². The Bertz CT molecular complexity index is 856. The summed E-state index contributed by atoms with van der Waals surface area (Å²) in [4.78, 5) is 0. The number of imidazole rings is 1. The Morgan fingerprint density at radius 3 is 2.40 bits per heavy atom. The number of fused-ring (bicyclic) bond motifs is 1. The maximum Gasteiger partial charge on any atom is 0.244 e. The van der Waals surface area contributed by atoms with E-state index >= 15 is 0 Å². The van der Waals surface area contributed by atoms with Gasteiger partial charge in [0.05, 0.1) is 7.05 Å². The molecule has 0 aliphatic rings. The highest BCUT2D eigenvalue weighted by atomic mass is 127. The van der Waals surface area contributed by atoms with Crippen LogP contribution in [0.5, 0.6) is 5.75 Å². The lowest BCUT2D eigenvalue weighted by atomic mass is 10.1. The maximum atomic E-state index is 10.4. The van der Waals surface area contributed by atoms with Crippen LogP contribution < -0.4 is 33.3 Å². The van der Waals surface area contributed by atoms with Gasteiger partial charge in [0.15, 0.2) is 11.0 Å². The molecule has 5 heteroatoms. The van der Waals surface area contributed by atoms with Gasteiger partial charge in [-0.2, -0.15) is 0 Å². The van der Waals surface area contributed by atoms with Gasteiger partial charge in [0.2, 0.25) is 6.33 Å². The zero-order valence-electron chi connectivity index (χ0n) is 15.2. The van der Waals surface area contributed by atoms with Crippen LogP contribution in [0.2, 0.25) is 0 Å². The molecular formula is C20H25IN2O2. The second kappa shape index (κ2) is 8.19. The number of ether oxygens (including phenoxy) is 1. The smallest absolute Gasteiger partial charge is 0.244 e. The van der Waals surface area contributed by atoms with Crippen LogP contribution in [0.15, 0.2) is 42.7 Å². The monoisotopic (exact) mass is 452 g/mol. The molecule has 0 saturated carbocycles. The summed E-state index contributed by atoms with van der Waals surface area (Å²) in [6.07, 6.45) is 1.46. The molecule has 134 valence electrons. The zero-order valence-corrected chi connectivity index (χ0v) is 17.3. The minimum absolute atomic E-state index is 0. The number of aliphatic hydroxyl groups is 1. The standard InChI is InChI=1S/C20H25N2O2.HI/c1-14-5-7-18(8-6-14)24-12-17(23)11-22-13-21(4)19-9-15(2)16(3)10-20(19)22;/h5-10,13,17,23H,11-12H2,1-4H3;1H/q+1;/p-1. The Morgan fingerprint density at radius 1 is 1.08 bits per heavy atom. The van der Waals surface area contributed by atoms with E-state index in [0.29, 0.717) is 6.54 Å². The SMILES string of the molecule is Cc1ccc(OCC(O)Cn2c[n+](C)c3cc(C)c(C)cc32)cc1.[I-]. The van der Waals surface area contributed by atoms with Crippen LogP contribution in [0.25, 0.3) is 11.0 Å². The van der Waals surface area contributed by atoms with E-state index < -0.39 is 6.10 Å². The fourth-order valence-electron chi connectivity index (χ4n) is 2.88. The normalized spacial score (nSPS) is 12.0. The lowest BCUT2D eigenvalue weighted by Crippen LogP contribution is -3.00. The Balaban J connectivity index is 0.00000225. The van der Waals surface area contributed by atoms with E-state index in [-0.39, 0.29) is 30.6 Å². The van der Waals surface area contributed by atoms with Crippen LogP contribution in [0.4, 0.5) is 0 Å². The molecule has 2 aromatic carbocycles. The van der Waals surface area contributed by atoms with Gasteiger partial charge in [-0.3, -0.25) is 0 Å². The quantitative estimate of drug-likeness (QED) is 0.432. The number of aromatic nitrogens is 2. The van der Waals surface area contributed by atoms with Crippen molar-refractivity contribution in [3.8, 4) is 5.75 Å². The summed E-state index contributed by atoms with van der Waals surface area (Å²) in [5.41, 5.74) is 6.03. The summed E-state index contributed by atoms with van der Waals surface area (Å²) in [6.45, 7) is 7.06. The van der Waals surface area contributed by atoms with Gasteiger partial charge >= 0.3 is 0 Å². The van der Waals surface area contributed by atoms with E-state index in [0.717, 1.165) is 11.3 Å². The lowest BCUT2D eigenvalue weighted by Gasteiger charge is -2.11. The zero-order chi connectivity index (χ0) is 17.3. The average molecular weight is 452 g/mol. The maximum absolute atomic E-state index is 10.4. The average Bonchev–Trinajstić information content (AvgIpc) is 2.83. The van der Waals surface area contributed by atoms with Crippen LogP contribution in [-0.2, 0) is 13.6 Å². The third kappa shape index (κ3) is 4.52. The molecule has 4 nitrogen and oxygen atoms in total. The summed E-state index contributed by atoms with van der Waals surface area (Å²) in [5.74, 6) is 0.786. The highest BCUT2D eigenvalue weighted by molar-refractivity contribution is 5.74. The van der Waals surface area contributed by atoms with Gasteiger partial charge < -0.3 is 33.8 Å². The molecule has 0 saturated heterocycles. The topological polar surface area (TPSA) is 38.3 Å². The highest BCUT2D eigenvalue weighted by Gasteiger charge is 2.18. The third-order valence-corrected chi connectivity index (χ3v) is 4.46. The summed E-state index contributed by atoms with van der Waals surface area (Å²) in [5, 5.41) is 10.4. The van der Waals surface area contributed by atoms with Gasteiger partial charge in [0.25, 0.3) is 0 Å². The molecule has 0 aliphatic carbocycles. The highest BCUT2D eigenvalue weighted by Crippen LogP contribution is 2.18. The summed E-state index contributed by atoms with van der Waals surface area (Å²) in [6, 6.07) is 12.2. The molecule has 1 heterocycles. The Kier molecular flexibility index (Phi) is 6.46. The summed E-state index contributed by atoms with van der Waals surface area (Å²) in [7, 11) is 2.03. The van der Waals surface area contributed by atoms with Gasteiger partial charge in [0, 0.05) is 0 Å². The molecule has 3 aromatic rings. The lowest BCUT2D eigenvalue weighted by molar-refractivity contribution is -0.645. The number of hydrogen-bond donors (Lipinski definition) is 1. The fraction of sp³-hybridized carbons (Fsp3) is 0.350. The number of aryl methyl sites for hydroxylation is 4. The molecule has 0 bridgehead atoms. The molecule has 1 atom stereocenters. The number of rotatable bonds is 5. The largest absolute Gasteiger partial charge is 1.00 e. The second-order valence-electron chi connectivity index (χ2n) is 6.58. The predicted octanol–water partition coefficient (Wildman–Crippen LogP) is -0.165. The molecule has 1 aromatic heterocycles. The minimum Gasteiger partial charge on any atom is -1.00 e. The van der Waals surface area contributed by atoms with E-state index in [1.54, 1.807) is 0 Å². The molecule has 0 aliphatic heterocycles. The number of nitrogens with zero attached hydrogens (tertiary/aromatic N) is 2. The Hall–Kier alpha value is -1.60. The van der Waals surface area contributed by atoms with Crippen molar-refractivity contribution in [3.63, 3.8) is 0 Å². The van der Waals surface area contributed by atoms with Gasteiger partial charge in [-0.15, -0.1) is 0 Å². The van der Waals surface area contributed by atoms with Crippen LogP contribution in [0.3, 0.4) is 0 Å². The second-order valence-corrected chi connectivity index (χ2v) is 6.58. The number of benzene rings is 2. The van der Waals surface area contributed by atoms with Crippen LogP contribution in [-0.4, -0.2) is 22.4 Å². The van der Waals surface area contributed by atoms with E-state index in [4.69, 9.17) is 4.74 Å².